The third-order valence-electron chi connectivity index (χ3n) is 3.12. The van der Waals surface area contributed by atoms with Gasteiger partial charge in [0.05, 0.1) is 17.3 Å². The fourth-order valence-corrected chi connectivity index (χ4v) is 4.61. The zero-order valence-electron chi connectivity index (χ0n) is 11.1. The lowest BCUT2D eigenvalue weighted by atomic mass is 10.2. The molecular formula is C10H17N5O3S2. The first-order valence-corrected chi connectivity index (χ1v) is 9.02. The Morgan fingerprint density at radius 3 is 2.85 bits per heavy atom. The van der Waals surface area contributed by atoms with Crippen molar-refractivity contribution < 1.29 is 13.2 Å². The van der Waals surface area contributed by atoms with Gasteiger partial charge in [-0.2, -0.15) is 4.98 Å². The molecule has 112 valence electrons. The van der Waals surface area contributed by atoms with E-state index in [0.29, 0.717) is 18.1 Å². The van der Waals surface area contributed by atoms with Crippen LogP contribution in [0.2, 0.25) is 0 Å². The Hall–Kier alpha value is -1.29. The van der Waals surface area contributed by atoms with Gasteiger partial charge in [-0.25, -0.2) is 13.5 Å². The van der Waals surface area contributed by atoms with Gasteiger partial charge in [0.25, 0.3) is 0 Å². The lowest BCUT2D eigenvalue weighted by Gasteiger charge is -2.26. The maximum Gasteiger partial charge on any atom is 0.233 e. The van der Waals surface area contributed by atoms with E-state index in [4.69, 9.17) is 5.73 Å². The number of rotatable bonds is 5. The standard InChI is InChI=1S/C10H17N5O3S2/c1-2-15(7-3-4-20(17,18)6-7)8(16)5-19-10-12-9(11)13-14-10/h7H,2-6H2,1H3,(H3,11,12,13,14)/t7-/m0/s1. The molecule has 0 aromatic carbocycles. The van der Waals surface area contributed by atoms with Crippen molar-refractivity contribution in [2.45, 2.75) is 24.5 Å². The van der Waals surface area contributed by atoms with Crippen molar-refractivity contribution in [2.75, 3.05) is 29.5 Å². The number of anilines is 1. The highest BCUT2D eigenvalue weighted by Crippen LogP contribution is 2.20. The quantitative estimate of drug-likeness (QED) is 0.702. The monoisotopic (exact) mass is 319 g/mol. The molecule has 1 aromatic rings. The first kappa shape index (κ1) is 15.1. The van der Waals surface area contributed by atoms with E-state index >= 15 is 0 Å². The zero-order valence-corrected chi connectivity index (χ0v) is 12.7. The minimum Gasteiger partial charge on any atom is -0.368 e. The molecule has 1 atom stereocenters. The first-order chi connectivity index (χ1) is 9.41. The largest absolute Gasteiger partial charge is 0.368 e. The summed E-state index contributed by atoms with van der Waals surface area (Å²) in [7, 11) is -2.99. The smallest absolute Gasteiger partial charge is 0.233 e. The first-order valence-electron chi connectivity index (χ1n) is 6.22. The summed E-state index contributed by atoms with van der Waals surface area (Å²) < 4.78 is 23.0. The van der Waals surface area contributed by atoms with Gasteiger partial charge in [-0.3, -0.25) is 4.79 Å². The number of nitrogen functional groups attached to an aromatic ring is 1. The number of nitrogens with one attached hydrogen (secondary N) is 1. The van der Waals surface area contributed by atoms with Crippen molar-refractivity contribution in [1.29, 1.82) is 0 Å². The summed E-state index contributed by atoms with van der Waals surface area (Å²) in [6.07, 6.45) is 0.514. The molecule has 8 nitrogen and oxygen atoms in total. The van der Waals surface area contributed by atoms with Gasteiger partial charge in [-0.05, 0) is 13.3 Å². The second kappa shape index (κ2) is 6.00. The van der Waals surface area contributed by atoms with Crippen molar-refractivity contribution in [1.82, 2.24) is 20.1 Å². The minimum absolute atomic E-state index is 0.0604. The van der Waals surface area contributed by atoms with Gasteiger partial charge in [0.1, 0.15) is 0 Å². The molecule has 3 N–H and O–H groups in total. The molecule has 2 rings (SSSR count). The SMILES string of the molecule is CCN(C(=O)CSc1n[nH]c(N)n1)[C@H]1CCS(=O)(=O)C1. The average Bonchev–Trinajstić information content (AvgIpc) is 2.94. The van der Waals surface area contributed by atoms with E-state index in [1.165, 1.54) is 11.8 Å². The molecule has 0 saturated carbocycles. The van der Waals surface area contributed by atoms with Gasteiger partial charge >= 0.3 is 0 Å². The number of aromatic nitrogens is 3. The maximum absolute atomic E-state index is 12.2. The van der Waals surface area contributed by atoms with Crippen molar-refractivity contribution >= 4 is 33.5 Å². The second-order valence-corrected chi connectivity index (χ2v) is 7.70. The second-order valence-electron chi connectivity index (χ2n) is 4.53. The van der Waals surface area contributed by atoms with Gasteiger partial charge in [0.15, 0.2) is 9.84 Å². The van der Waals surface area contributed by atoms with Gasteiger partial charge in [-0.15, -0.1) is 5.10 Å². The van der Waals surface area contributed by atoms with Crippen LogP contribution in [0.15, 0.2) is 5.16 Å². The van der Waals surface area contributed by atoms with Crippen molar-refractivity contribution in [3.05, 3.63) is 0 Å². The maximum atomic E-state index is 12.2. The molecule has 1 aliphatic heterocycles. The van der Waals surface area contributed by atoms with Crippen molar-refractivity contribution in [2.24, 2.45) is 0 Å². The molecule has 0 radical (unpaired) electrons. The molecule has 0 bridgehead atoms. The van der Waals surface area contributed by atoms with Gasteiger partial charge < -0.3 is 10.6 Å². The molecule has 1 aliphatic rings. The van der Waals surface area contributed by atoms with Crippen LogP contribution in [0, 0.1) is 0 Å². The summed E-state index contributed by atoms with van der Waals surface area (Å²) in [5.41, 5.74) is 5.40. The molecule has 0 unspecified atom stereocenters. The van der Waals surface area contributed by atoms with Gasteiger partial charge in [0.2, 0.25) is 17.0 Å². The number of hydrogen-bond donors (Lipinski definition) is 2. The van der Waals surface area contributed by atoms with E-state index in [9.17, 15) is 13.2 Å². The molecule has 0 aliphatic carbocycles. The third kappa shape index (κ3) is 3.63. The molecule has 1 aromatic heterocycles. The predicted molar refractivity (Wildman–Crippen MR) is 76.0 cm³/mol. The molecule has 0 spiro atoms. The number of aromatic amines is 1. The third-order valence-corrected chi connectivity index (χ3v) is 5.70. The number of H-pyrrole nitrogens is 1. The molecule has 20 heavy (non-hydrogen) atoms. The highest BCUT2D eigenvalue weighted by Gasteiger charge is 2.33. The average molecular weight is 319 g/mol. The van der Waals surface area contributed by atoms with Crippen LogP contribution in [0.5, 0.6) is 0 Å². The summed E-state index contributed by atoms with van der Waals surface area (Å²) in [4.78, 5) is 17.7. The molecule has 1 fully saturated rings. The van der Waals surface area contributed by atoms with Crippen LogP contribution in [0.4, 0.5) is 5.95 Å². The van der Waals surface area contributed by atoms with E-state index in [1.54, 1.807) is 4.90 Å². The number of amides is 1. The Bertz CT molecular complexity index is 585. The lowest BCUT2D eigenvalue weighted by Crippen LogP contribution is -2.41. The normalized spacial score (nSPS) is 20.9. The zero-order chi connectivity index (χ0) is 14.8. The van der Waals surface area contributed by atoms with Crippen LogP contribution < -0.4 is 5.73 Å². The van der Waals surface area contributed by atoms with Crippen molar-refractivity contribution in [3.8, 4) is 0 Å². The summed E-state index contributed by atoms with van der Waals surface area (Å²) in [6, 6.07) is -0.213. The molecule has 2 heterocycles. The number of thioether (sulfide) groups is 1. The van der Waals surface area contributed by atoms with Crippen LogP contribution in [0.25, 0.3) is 0 Å². The Morgan fingerprint density at radius 1 is 1.60 bits per heavy atom. The minimum atomic E-state index is -2.99. The van der Waals surface area contributed by atoms with Crippen LogP contribution in [-0.4, -0.2) is 64.3 Å². The Balaban J connectivity index is 1.92. The molecule has 10 heteroatoms. The molecular weight excluding hydrogens is 302 g/mol. The Kier molecular flexibility index (Phi) is 4.53. The van der Waals surface area contributed by atoms with E-state index < -0.39 is 9.84 Å². The Morgan fingerprint density at radius 2 is 2.35 bits per heavy atom. The fourth-order valence-electron chi connectivity index (χ4n) is 2.19. The van der Waals surface area contributed by atoms with Crippen LogP contribution in [0.3, 0.4) is 0 Å². The topological polar surface area (TPSA) is 122 Å². The van der Waals surface area contributed by atoms with Gasteiger partial charge in [0, 0.05) is 12.6 Å². The summed E-state index contributed by atoms with van der Waals surface area (Å²) in [5.74, 6) is 0.482. The summed E-state index contributed by atoms with van der Waals surface area (Å²) >= 11 is 1.18. The van der Waals surface area contributed by atoms with Crippen LogP contribution in [-0.2, 0) is 14.6 Å². The van der Waals surface area contributed by atoms with E-state index in [1.807, 2.05) is 6.92 Å². The predicted octanol–water partition coefficient (Wildman–Crippen LogP) is -0.485. The van der Waals surface area contributed by atoms with E-state index in [2.05, 4.69) is 15.2 Å². The number of sulfone groups is 1. The van der Waals surface area contributed by atoms with E-state index in [-0.39, 0.29) is 35.2 Å². The lowest BCUT2D eigenvalue weighted by molar-refractivity contribution is -0.129. The number of carbonyl (C=O) groups is 1. The number of nitrogens with two attached hydrogens (primary N) is 1. The summed E-state index contributed by atoms with van der Waals surface area (Å²) in [5, 5.41) is 6.73. The number of nitrogens with zero attached hydrogens (tertiary/aromatic N) is 3. The summed E-state index contributed by atoms with van der Waals surface area (Å²) in [6.45, 7) is 2.34. The number of hydrogen-bond acceptors (Lipinski definition) is 7. The van der Waals surface area contributed by atoms with Gasteiger partial charge in [-0.1, -0.05) is 11.8 Å². The Labute approximate surface area is 121 Å². The van der Waals surface area contributed by atoms with Crippen LogP contribution >= 0.6 is 11.8 Å². The van der Waals surface area contributed by atoms with E-state index in [0.717, 1.165) is 0 Å². The van der Waals surface area contributed by atoms with Crippen LogP contribution in [0.1, 0.15) is 13.3 Å². The highest BCUT2D eigenvalue weighted by molar-refractivity contribution is 7.99. The molecule has 1 saturated heterocycles. The fraction of sp³-hybridized carbons (Fsp3) is 0.700. The number of carbonyl (C=O) groups excluding carboxylic acids is 1. The molecule has 1 amide bonds. The van der Waals surface area contributed by atoms with Crippen molar-refractivity contribution in [3.63, 3.8) is 0 Å². The highest BCUT2D eigenvalue weighted by atomic mass is 32.2.